The normalized spacial score (nSPS) is 16.9. The van der Waals surface area contributed by atoms with Gasteiger partial charge in [-0.25, -0.2) is 9.37 Å². The van der Waals surface area contributed by atoms with Crippen LogP contribution in [-0.2, 0) is 27.2 Å². The summed E-state index contributed by atoms with van der Waals surface area (Å²) in [5, 5.41) is -0.0711. The van der Waals surface area contributed by atoms with Gasteiger partial charge in [0.05, 0.1) is 6.20 Å². The number of piperazine rings is 1. The van der Waals surface area contributed by atoms with E-state index in [1.807, 2.05) is 0 Å². The highest BCUT2D eigenvalue weighted by atomic mass is 35.5. The molecule has 0 radical (unpaired) electrons. The van der Waals surface area contributed by atoms with Crippen LogP contribution in [0.4, 0.5) is 10.2 Å². The third-order valence-electron chi connectivity index (χ3n) is 4.22. The van der Waals surface area contributed by atoms with Crippen molar-refractivity contribution < 1.29 is 31.6 Å². The van der Waals surface area contributed by atoms with Crippen LogP contribution in [0.5, 0.6) is 0 Å². The lowest BCUT2D eigenvalue weighted by atomic mass is 10.3. The van der Waals surface area contributed by atoms with E-state index in [0.29, 0.717) is 13.1 Å². The smallest absolute Gasteiger partial charge is 0.351 e. The topological polar surface area (TPSA) is 103 Å². The highest BCUT2D eigenvalue weighted by Gasteiger charge is 2.53. The second kappa shape index (κ2) is 9.24. The zero-order chi connectivity index (χ0) is 20.2. The number of rotatable bonds is 8. The molecule has 0 aliphatic carbocycles. The molecular weight excluding hydrogens is 425 g/mol. The van der Waals surface area contributed by atoms with E-state index >= 15 is 0 Å². The van der Waals surface area contributed by atoms with Gasteiger partial charge in [-0.15, -0.1) is 0 Å². The van der Waals surface area contributed by atoms with Crippen LogP contribution in [0.15, 0.2) is 6.20 Å². The maximum absolute atomic E-state index is 14.0. The van der Waals surface area contributed by atoms with Crippen molar-refractivity contribution in [1.82, 2.24) is 14.9 Å². The average molecular weight is 447 g/mol. The molecule has 0 bridgehead atoms. The molecule has 0 saturated carbocycles. The lowest BCUT2D eigenvalue weighted by Crippen LogP contribution is -2.51. The third kappa shape index (κ3) is 4.68. The van der Waals surface area contributed by atoms with Gasteiger partial charge in [0, 0.05) is 54.6 Å². The Balaban J connectivity index is 2.27. The van der Waals surface area contributed by atoms with Gasteiger partial charge < -0.3 is 23.0 Å². The van der Waals surface area contributed by atoms with Gasteiger partial charge in [0.2, 0.25) is 10.8 Å². The number of anilines is 1. The average Bonchev–Trinajstić information content (AvgIpc) is 2.70. The van der Waals surface area contributed by atoms with Crippen LogP contribution in [0.2, 0.25) is 5.28 Å². The Bertz CT molecular complexity index is 710. The number of halogens is 2. The minimum absolute atomic E-state index is 0.0644. The summed E-state index contributed by atoms with van der Waals surface area (Å²) >= 11 is 5.74. The van der Waals surface area contributed by atoms with Crippen molar-refractivity contribution >= 4 is 32.6 Å². The molecule has 0 atom stereocenters. The Hall–Kier alpha value is -0.640. The van der Waals surface area contributed by atoms with Gasteiger partial charge in [-0.05, 0) is 11.6 Å². The quantitative estimate of drug-likeness (QED) is 0.437. The number of hydrogen-bond acceptors (Lipinski definition) is 10. The van der Waals surface area contributed by atoms with Crippen LogP contribution in [0.3, 0.4) is 0 Å². The van der Waals surface area contributed by atoms with Crippen molar-refractivity contribution in [3.8, 4) is 0 Å². The first-order valence-electron chi connectivity index (χ1n) is 7.84. The summed E-state index contributed by atoms with van der Waals surface area (Å²) in [6.45, 7) is 1.08. The highest BCUT2D eigenvalue weighted by molar-refractivity contribution is 7.72. The molecule has 154 valence electrons. The fourth-order valence-corrected chi connectivity index (χ4v) is 7.78. The van der Waals surface area contributed by atoms with Gasteiger partial charge in [-0.2, -0.15) is 4.98 Å². The van der Waals surface area contributed by atoms with E-state index in [1.165, 1.54) is 28.4 Å². The van der Waals surface area contributed by atoms with E-state index < -0.39 is 26.5 Å². The maximum Gasteiger partial charge on any atom is 0.359 e. The van der Waals surface area contributed by atoms with Crippen LogP contribution < -0.4 is 4.90 Å². The van der Waals surface area contributed by atoms with Crippen molar-refractivity contribution in [3.05, 3.63) is 17.3 Å². The summed E-state index contributed by atoms with van der Waals surface area (Å²) in [5.41, 5.74) is -1.27. The SMILES string of the molecule is COP(=O)(OC)C(N1CCN(c2nc(Cl)ncc2F)CC1)P(=O)(OC)OC. The van der Waals surface area contributed by atoms with Crippen LogP contribution in [0, 0.1) is 5.82 Å². The lowest BCUT2D eigenvalue weighted by Gasteiger charge is -2.42. The number of aromatic nitrogens is 2. The molecule has 1 saturated heterocycles. The van der Waals surface area contributed by atoms with Gasteiger partial charge in [-0.1, -0.05) is 0 Å². The van der Waals surface area contributed by atoms with Gasteiger partial charge in [-0.3, -0.25) is 14.0 Å². The van der Waals surface area contributed by atoms with Gasteiger partial charge in [0.25, 0.3) is 0 Å². The molecule has 0 N–H and O–H groups in total. The van der Waals surface area contributed by atoms with Crippen LogP contribution in [-0.4, -0.2) is 75.0 Å². The Labute approximate surface area is 162 Å². The summed E-state index contributed by atoms with van der Waals surface area (Å²) < 4.78 is 60.3. The van der Waals surface area contributed by atoms with Crippen molar-refractivity contribution in [2.24, 2.45) is 0 Å². The summed E-state index contributed by atoms with van der Waals surface area (Å²) in [4.78, 5) is 10.8. The standard InChI is InChI=1S/C13H22ClFN4O6P2/c1-22-26(20,23-2)13(27(21,24-3)25-4)19-7-5-18(6-8-19)11-10(15)9-16-12(14)17-11/h9,13H,5-8H2,1-4H3. The summed E-state index contributed by atoms with van der Waals surface area (Å²) in [6, 6.07) is 0. The van der Waals surface area contributed by atoms with E-state index in [9.17, 15) is 13.5 Å². The fraction of sp³-hybridized carbons (Fsp3) is 0.692. The number of hydrogen-bond donors (Lipinski definition) is 0. The molecule has 1 aromatic heterocycles. The Morgan fingerprint density at radius 3 is 1.96 bits per heavy atom. The summed E-state index contributed by atoms with van der Waals surface area (Å²) in [6.07, 6.45) is 0.994. The zero-order valence-corrected chi connectivity index (χ0v) is 17.9. The van der Waals surface area contributed by atoms with Crippen molar-refractivity contribution in [1.29, 1.82) is 0 Å². The predicted octanol–water partition coefficient (Wildman–Crippen LogP) is 2.65. The molecule has 10 nitrogen and oxygen atoms in total. The largest absolute Gasteiger partial charge is 0.359 e. The molecule has 14 heteroatoms. The monoisotopic (exact) mass is 446 g/mol. The molecule has 1 aliphatic heterocycles. The molecule has 1 aromatic rings. The van der Waals surface area contributed by atoms with Gasteiger partial charge >= 0.3 is 15.2 Å². The first-order chi connectivity index (χ1) is 12.7. The molecule has 1 aliphatic rings. The Morgan fingerprint density at radius 1 is 1.04 bits per heavy atom. The van der Waals surface area contributed by atoms with E-state index in [4.69, 9.17) is 29.7 Å². The first-order valence-corrected chi connectivity index (χ1v) is 11.4. The first kappa shape index (κ1) is 22.6. The minimum Gasteiger partial charge on any atom is -0.351 e. The predicted molar refractivity (Wildman–Crippen MR) is 97.8 cm³/mol. The minimum atomic E-state index is -3.85. The molecule has 0 amide bonds. The van der Waals surface area contributed by atoms with Crippen molar-refractivity contribution in [3.63, 3.8) is 0 Å². The van der Waals surface area contributed by atoms with Gasteiger partial charge in [0.15, 0.2) is 11.6 Å². The second-order valence-corrected chi connectivity index (χ2v) is 10.8. The van der Waals surface area contributed by atoms with Crippen molar-refractivity contribution in [2.75, 3.05) is 59.5 Å². The highest BCUT2D eigenvalue weighted by Crippen LogP contribution is 2.70. The maximum atomic E-state index is 14.0. The van der Waals surface area contributed by atoms with Crippen LogP contribution in [0.25, 0.3) is 0 Å². The van der Waals surface area contributed by atoms with Crippen LogP contribution >= 0.6 is 26.8 Å². The Kier molecular flexibility index (Phi) is 7.75. The molecule has 27 heavy (non-hydrogen) atoms. The third-order valence-corrected chi connectivity index (χ3v) is 9.92. The van der Waals surface area contributed by atoms with E-state index in [-0.39, 0.29) is 24.2 Å². The molecule has 0 unspecified atom stereocenters. The van der Waals surface area contributed by atoms with E-state index in [2.05, 4.69) is 9.97 Å². The van der Waals surface area contributed by atoms with Gasteiger partial charge in [0.1, 0.15) is 0 Å². The molecule has 0 aromatic carbocycles. The molecule has 0 spiro atoms. The second-order valence-electron chi connectivity index (χ2n) is 5.49. The Morgan fingerprint density at radius 2 is 1.52 bits per heavy atom. The van der Waals surface area contributed by atoms with E-state index in [1.54, 1.807) is 9.80 Å². The molecule has 2 rings (SSSR count). The fourth-order valence-electron chi connectivity index (χ4n) is 2.82. The zero-order valence-electron chi connectivity index (χ0n) is 15.4. The molecule has 2 heterocycles. The summed E-state index contributed by atoms with van der Waals surface area (Å²) in [5.74, 6) is -0.544. The lowest BCUT2D eigenvalue weighted by molar-refractivity contribution is 0.178. The molecular formula is C13H22ClFN4O6P2. The van der Waals surface area contributed by atoms with Crippen molar-refractivity contribution in [2.45, 2.75) is 5.52 Å². The number of nitrogens with zero attached hydrogens (tertiary/aromatic N) is 4. The van der Waals surface area contributed by atoms with Crippen LogP contribution in [0.1, 0.15) is 0 Å². The van der Waals surface area contributed by atoms with E-state index in [0.717, 1.165) is 6.20 Å². The molecule has 1 fully saturated rings. The summed E-state index contributed by atoms with van der Waals surface area (Å²) in [7, 11) is -2.92.